The highest BCUT2D eigenvalue weighted by Crippen LogP contribution is 2.35. The van der Waals surface area contributed by atoms with Crippen molar-refractivity contribution >= 4 is 28.8 Å². The number of nitrogens with zero attached hydrogens (tertiary/aromatic N) is 3. The van der Waals surface area contributed by atoms with Crippen LogP contribution >= 0.6 is 11.6 Å². The highest BCUT2D eigenvalue weighted by Gasteiger charge is 2.30. The molecular formula is C20H23ClN4O2. The maximum Gasteiger partial charge on any atom is 0.297 e. The molecule has 27 heavy (non-hydrogen) atoms. The van der Waals surface area contributed by atoms with Crippen LogP contribution in [0.15, 0.2) is 28.7 Å². The van der Waals surface area contributed by atoms with Crippen molar-refractivity contribution in [2.45, 2.75) is 38.3 Å². The van der Waals surface area contributed by atoms with E-state index in [4.69, 9.17) is 16.0 Å². The van der Waals surface area contributed by atoms with E-state index in [0.717, 1.165) is 12.0 Å². The molecule has 2 heterocycles. The van der Waals surface area contributed by atoms with Crippen LogP contribution in [0.5, 0.6) is 5.75 Å². The number of aromatic nitrogens is 2. The first-order chi connectivity index (χ1) is 12.9. The lowest BCUT2D eigenvalue weighted by Crippen LogP contribution is -2.39. The summed E-state index contributed by atoms with van der Waals surface area (Å²) < 4.78 is 5.84. The Morgan fingerprint density at radius 1 is 1.22 bits per heavy atom. The molecule has 7 heteroatoms. The van der Waals surface area contributed by atoms with Gasteiger partial charge in [-0.05, 0) is 70.1 Å². The minimum Gasteiger partial charge on any atom is -0.507 e. The van der Waals surface area contributed by atoms with Gasteiger partial charge in [-0.25, -0.2) is 4.98 Å². The van der Waals surface area contributed by atoms with E-state index in [0.29, 0.717) is 45.6 Å². The van der Waals surface area contributed by atoms with Gasteiger partial charge in [-0.2, -0.15) is 4.98 Å². The number of likely N-dealkylation sites (N-methyl/N-ethyl adjacent to an activating group) is 1. The molecule has 6 nitrogen and oxygen atoms in total. The summed E-state index contributed by atoms with van der Waals surface area (Å²) in [7, 11) is 4.21. The minimum absolute atomic E-state index is 0.105. The second-order valence-electron chi connectivity index (χ2n) is 7.37. The van der Waals surface area contributed by atoms with Crippen LogP contribution in [0.2, 0.25) is 5.02 Å². The molecule has 0 amide bonds. The molecule has 2 atom stereocenters. The predicted molar refractivity (Wildman–Crippen MR) is 107 cm³/mol. The molecule has 0 aliphatic heterocycles. The number of hydrogen-bond donors (Lipinski definition) is 2. The lowest BCUT2D eigenvalue weighted by molar-refractivity contribution is 0.283. The fourth-order valence-corrected chi connectivity index (χ4v) is 4.23. The van der Waals surface area contributed by atoms with E-state index in [1.54, 1.807) is 6.07 Å². The summed E-state index contributed by atoms with van der Waals surface area (Å²) in [4.78, 5) is 11.4. The van der Waals surface area contributed by atoms with Gasteiger partial charge in [0.25, 0.3) is 6.01 Å². The number of pyridine rings is 1. The average Bonchev–Trinajstić information content (AvgIpc) is 3.20. The summed E-state index contributed by atoms with van der Waals surface area (Å²) in [6.07, 6.45) is 3.46. The fourth-order valence-electron chi connectivity index (χ4n) is 3.96. The second-order valence-corrected chi connectivity index (χ2v) is 7.80. The third-order valence-corrected chi connectivity index (χ3v) is 5.46. The molecular weight excluding hydrogens is 364 g/mol. The number of anilines is 1. The molecule has 0 unspecified atom stereocenters. The molecule has 2 N–H and O–H groups in total. The molecule has 3 aromatic rings. The topological polar surface area (TPSA) is 74.4 Å². The van der Waals surface area contributed by atoms with Crippen LogP contribution in [0.1, 0.15) is 24.8 Å². The van der Waals surface area contributed by atoms with Crippen LogP contribution in [0.25, 0.3) is 22.5 Å². The molecule has 0 radical (unpaired) electrons. The third kappa shape index (κ3) is 3.47. The minimum atomic E-state index is 0.105. The number of rotatable bonds is 4. The first-order valence-corrected chi connectivity index (χ1v) is 9.50. The van der Waals surface area contributed by atoms with E-state index in [1.807, 2.05) is 19.1 Å². The zero-order valence-corrected chi connectivity index (χ0v) is 16.4. The van der Waals surface area contributed by atoms with Crippen LogP contribution in [-0.4, -0.2) is 46.2 Å². The monoisotopic (exact) mass is 386 g/mol. The van der Waals surface area contributed by atoms with Gasteiger partial charge in [0.2, 0.25) is 5.65 Å². The van der Waals surface area contributed by atoms with Gasteiger partial charge in [-0.3, -0.25) is 0 Å². The molecule has 2 aromatic heterocycles. The smallest absolute Gasteiger partial charge is 0.297 e. The van der Waals surface area contributed by atoms with Crippen molar-refractivity contribution in [3.8, 4) is 17.0 Å². The van der Waals surface area contributed by atoms with E-state index < -0.39 is 0 Å². The molecule has 0 spiro atoms. The van der Waals surface area contributed by atoms with Crippen molar-refractivity contribution in [2.75, 3.05) is 19.4 Å². The summed E-state index contributed by atoms with van der Waals surface area (Å²) in [5.74, 6) is 0.105. The normalized spacial score (nSPS) is 19.9. The first-order valence-electron chi connectivity index (χ1n) is 9.12. The Morgan fingerprint density at radius 2 is 2.04 bits per heavy atom. The van der Waals surface area contributed by atoms with E-state index in [-0.39, 0.29) is 5.75 Å². The molecule has 1 aliphatic rings. The van der Waals surface area contributed by atoms with E-state index in [9.17, 15) is 5.11 Å². The number of aromatic hydroxyl groups is 1. The number of oxazole rings is 1. The van der Waals surface area contributed by atoms with Crippen molar-refractivity contribution in [3.05, 3.63) is 34.9 Å². The molecule has 0 saturated heterocycles. The van der Waals surface area contributed by atoms with Gasteiger partial charge in [0.15, 0.2) is 5.58 Å². The maximum absolute atomic E-state index is 10.3. The number of phenolic OH excluding ortho intramolecular Hbond substituents is 1. The van der Waals surface area contributed by atoms with E-state index in [1.165, 1.54) is 18.9 Å². The van der Waals surface area contributed by atoms with E-state index >= 15 is 0 Å². The highest BCUT2D eigenvalue weighted by molar-refractivity contribution is 6.31. The highest BCUT2D eigenvalue weighted by atomic mass is 35.5. The van der Waals surface area contributed by atoms with E-state index in [2.05, 4.69) is 34.3 Å². The molecule has 4 rings (SSSR count). The van der Waals surface area contributed by atoms with Gasteiger partial charge >= 0.3 is 0 Å². The molecule has 1 aromatic carbocycles. The predicted octanol–water partition coefficient (Wildman–Crippen LogP) is 4.45. The van der Waals surface area contributed by atoms with Gasteiger partial charge in [-0.15, -0.1) is 0 Å². The number of nitrogens with one attached hydrogen (secondary N) is 1. The van der Waals surface area contributed by atoms with Crippen LogP contribution in [0, 0.1) is 6.92 Å². The summed E-state index contributed by atoms with van der Waals surface area (Å²) in [5.41, 5.74) is 3.28. The Kier molecular flexibility index (Phi) is 4.70. The zero-order valence-electron chi connectivity index (χ0n) is 15.7. The Bertz CT molecular complexity index is 962. The van der Waals surface area contributed by atoms with Crippen molar-refractivity contribution in [3.63, 3.8) is 0 Å². The van der Waals surface area contributed by atoms with Crippen molar-refractivity contribution < 1.29 is 9.52 Å². The molecule has 0 bridgehead atoms. The molecule has 1 aliphatic carbocycles. The fraction of sp³-hybridized carbons (Fsp3) is 0.400. The van der Waals surface area contributed by atoms with Crippen LogP contribution < -0.4 is 5.32 Å². The Labute approximate surface area is 163 Å². The quantitative estimate of drug-likeness (QED) is 0.689. The number of halogens is 1. The van der Waals surface area contributed by atoms with Gasteiger partial charge in [-0.1, -0.05) is 11.6 Å². The molecule has 142 valence electrons. The van der Waals surface area contributed by atoms with Crippen molar-refractivity contribution in [1.29, 1.82) is 0 Å². The van der Waals surface area contributed by atoms with Gasteiger partial charge in [0, 0.05) is 22.7 Å². The summed E-state index contributed by atoms with van der Waals surface area (Å²) >= 11 is 6.00. The number of fused-ring (bicyclic) bond motifs is 1. The standard InChI is InChI=1S/C20H23ClN4O2/c1-11-9-12(21)10-16(26)18(11)14-7-8-17-19(22-14)24-20(27-17)23-13-5-4-6-15(13)25(2)3/h7-10,13,15,26H,4-6H2,1-3H3,(H,22,23,24)/t13-,15-/m1/s1. The van der Waals surface area contributed by atoms with Crippen molar-refractivity contribution in [2.24, 2.45) is 0 Å². The molecule has 1 saturated carbocycles. The summed E-state index contributed by atoms with van der Waals surface area (Å²) in [5, 5.41) is 14.2. The van der Waals surface area contributed by atoms with Gasteiger partial charge < -0.3 is 19.7 Å². The number of phenols is 1. The number of aryl methyl sites for hydroxylation is 1. The largest absolute Gasteiger partial charge is 0.507 e. The van der Waals surface area contributed by atoms with Gasteiger partial charge in [0.05, 0.1) is 5.69 Å². The Balaban J connectivity index is 1.65. The lowest BCUT2D eigenvalue weighted by atomic mass is 10.0. The summed E-state index contributed by atoms with van der Waals surface area (Å²) in [6.45, 7) is 1.89. The number of benzene rings is 1. The second kappa shape index (κ2) is 7.02. The third-order valence-electron chi connectivity index (χ3n) is 5.24. The lowest BCUT2D eigenvalue weighted by Gasteiger charge is -2.26. The summed E-state index contributed by atoms with van der Waals surface area (Å²) in [6, 6.07) is 8.26. The van der Waals surface area contributed by atoms with Gasteiger partial charge in [0.1, 0.15) is 5.75 Å². The Morgan fingerprint density at radius 3 is 2.78 bits per heavy atom. The van der Waals surface area contributed by atoms with Crippen LogP contribution in [0.4, 0.5) is 6.01 Å². The van der Waals surface area contributed by atoms with Crippen LogP contribution in [0.3, 0.4) is 0 Å². The molecule has 1 fully saturated rings. The SMILES string of the molecule is Cc1cc(Cl)cc(O)c1-c1ccc2oc(N[C@@H]3CCC[C@H]3N(C)C)nc2n1. The van der Waals surface area contributed by atoms with Crippen molar-refractivity contribution in [1.82, 2.24) is 14.9 Å². The first kappa shape index (κ1) is 18.1. The number of hydrogen-bond acceptors (Lipinski definition) is 6. The van der Waals surface area contributed by atoms with Crippen LogP contribution in [-0.2, 0) is 0 Å². The average molecular weight is 387 g/mol. The maximum atomic E-state index is 10.3. The zero-order chi connectivity index (χ0) is 19.1. The Hall–Kier alpha value is -2.31.